The van der Waals surface area contributed by atoms with Crippen LogP contribution in [0.25, 0.3) is 0 Å². The zero-order valence-electron chi connectivity index (χ0n) is 11.3. The van der Waals surface area contributed by atoms with Crippen LogP contribution in [0.5, 0.6) is 0 Å². The normalized spacial score (nSPS) is 36.9. The van der Waals surface area contributed by atoms with Crippen molar-refractivity contribution in [3.63, 3.8) is 0 Å². The van der Waals surface area contributed by atoms with E-state index < -0.39 is 0 Å². The quantitative estimate of drug-likeness (QED) is 0.729. The Labute approximate surface area is 100 Å². The molecule has 2 rings (SSSR count). The summed E-state index contributed by atoms with van der Waals surface area (Å²) in [6, 6.07) is 0. The third-order valence-corrected chi connectivity index (χ3v) is 4.66. The number of piperidine rings is 1. The van der Waals surface area contributed by atoms with Crippen LogP contribution in [0.15, 0.2) is 0 Å². The first kappa shape index (κ1) is 12.4. The van der Waals surface area contributed by atoms with Gasteiger partial charge in [-0.3, -0.25) is 0 Å². The van der Waals surface area contributed by atoms with Crippen LogP contribution in [-0.2, 0) is 4.74 Å². The van der Waals surface area contributed by atoms with Crippen molar-refractivity contribution in [1.82, 2.24) is 4.90 Å². The van der Waals surface area contributed by atoms with E-state index in [4.69, 9.17) is 4.74 Å². The second kappa shape index (κ2) is 5.05. The lowest BCUT2D eigenvalue weighted by atomic mass is 9.68. The van der Waals surface area contributed by atoms with Gasteiger partial charge in [0.05, 0.1) is 12.2 Å². The molecule has 2 nitrogen and oxygen atoms in total. The highest BCUT2D eigenvalue weighted by molar-refractivity contribution is 4.94. The molecule has 4 atom stereocenters. The molecule has 1 saturated heterocycles. The molecule has 2 heteroatoms. The van der Waals surface area contributed by atoms with Crippen LogP contribution in [0.1, 0.15) is 40.5 Å². The minimum atomic E-state index is 0.406. The highest BCUT2D eigenvalue weighted by Crippen LogP contribution is 2.42. The molecule has 1 saturated carbocycles. The van der Waals surface area contributed by atoms with Crippen molar-refractivity contribution >= 4 is 0 Å². The first-order valence-corrected chi connectivity index (χ1v) is 6.99. The van der Waals surface area contributed by atoms with Crippen LogP contribution >= 0.6 is 0 Å². The Kier molecular flexibility index (Phi) is 3.91. The summed E-state index contributed by atoms with van der Waals surface area (Å²) in [5.74, 6) is 2.43. The summed E-state index contributed by atoms with van der Waals surface area (Å²) < 4.78 is 6.28. The molecule has 0 radical (unpaired) electrons. The van der Waals surface area contributed by atoms with Gasteiger partial charge in [-0.25, -0.2) is 0 Å². The summed E-state index contributed by atoms with van der Waals surface area (Å²) in [5.41, 5.74) is 0. The first-order chi connectivity index (χ1) is 7.61. The second-order valence-corrected chi connectivity index (χ2v) is 5.98. The molecule has 0 spiro atoms. The third kappa shape index (κ3) is 2.43. The molecule has 2 fully saturated rings. The van der Waals surface area contributed by atoms with E-state index in [2.05, 4.69) is 32.6 Å². The van der Waals surface area contributed by atoms with E-state index in [9.17, 15) is 0 Å². The summed E-state index contributed by atoms with van der Waals surface area (Å²) in [6.45, 7) is 12.7. The van der Waals surface area contributed by atoms with Crippen molar-refractivity contribution < 1.29 is 4.74 Å². The molecular formula is C14H27NO. The molecule has 0 aromatic heterocycles. The number of rotatable bonds is 4. The molecule has 94 valence electrons. The van der Waals surface area contributed by atoms with Crippen LogP contribution in [0.2, 0.25) is 0 Å². The van der Waals surface area contributed by atoms with E-state index in [-0.39, 0.29) is 0 Å². The van der Waals surface area contributed by atoms with E-state index in [0.29, 0.717) is 18.1 Å². The lowest BCUT2D eigenvalue weighted by molar-refractivity contribution is -0.130. The number of likely N-dealkylation sites (tertiary alicyclic amines) is 1. The Morgan fingerprint density at radius 1 is 1.19 bits per heavy atom. The molecule has 0 amide bonds. The fourth-order valence-electron chi connectivity index (χ4n) is 2.94. The summed E-state index contributed by atoms with van der Waals surface area (Å²) >= 11 is 0. The largest absolute Gasteiger partial charge is 0.373 e. The molecule has 0 aromatic rings. The van der Waals surface area contributed by atoms with Gasteiger partial charge >= 0.3 is 0 Å². The van der Waals surface area contributed by atoms with Crippen molar-refractivity contribution in [2.45, 2.75) is 52.7 Å². The lowest BCUT2D eigenvalue weighted by Crippen LogP contribution is -2.55. The standard InChI is InChI=1S/C14H27NO/c1-5-15-8-12-6-7-13(12)14(9-15)16-11(4)10(2)3/h10-14H,5-9H2,1-4H3/t11-,12-,13-,14+/m1/s1. The number of hydrogen-bond acceptors (Lipinski definition) is 2. The van der Waals surface area contributed by atoms with Gasteiger partial charge in [0.15, 0.2) is 0 Å². The summed E-state index contributed by atoms with van der Waals surface area (Å²) in [5, 5.41) is 0. The zero-order valence-corrected chi connectivity index (χ0v) is 11.3. The van der Waals surface area contributed by atoms with Crippen molar-refractivity contribution in [3.8, 4) is 0 Å². The van der Waals surface area contributed by atoms with Crippen molar-refractivity contribution in [2.75, 3.05) is 19.6 Å². The van der Waals surface area contributed by atoms with E-state index in [1.807, 2.05) is 0 Å². The van der Waals surface area contributed by atoms with Gasteiger partial charge in [-0.05, 0) is 44.1 Å². The van der Waals surface area contributed by atoms with Gasteiger partial charge < -0.3 is 9.64 Å². The Bertz CT molecular complexity index is 227. The first-order valence-electron chi connectivity index (χ1n) is 6.99. The predicted octanol–water partition coefficient (Wildman–Crippen LogP) is 2.78. The monoisotopic (exact) mass is 225 g/mol. The smallest absolute Gasteiger partial charge is 0.0736 e. The van der Waals surface area contributed by atoms with Crippen LogP contribution < -0.4 is 0 Å². The van der Waals surface area contributed by atoms with E-state index in [1.54, 1.807) is 0 Å². The number of hydrogen-bond donors (Lipinski definition) is 0. The SMILES string of the molecule is CCN1C[C@H]2CC[C@H]2[C@@H](O[C@H](C)C(C)C)C1. The Balaban J connectivity index is 1.91. The van der Waals surface area contributed by atoms with Gasteiger partial charge in [-0.1, -0.05) is 20.8 Å². The predicted molar refractivity (Wildman–Crippen MR) is 67.5 cm³/mol. The zero-order chi connectivity index (χ0) is 11.7. The molecule has 2 aliphatic rings. The van der Waals surface area contributed by atoms with E-state index >= 15 is 0 Å². The molecule has 1 aliphatic heterocycles. The van der Waals surface area contributed by atoms with Crippen molar-refractivity contribution in [3.05, 3.63) is 0 Å². The van der Waals surface area contributed by atoms with Crippen molar-refractivity contribution in [2.24, 2.45) is 17.8 Å². The van der Waals surface area contributed by atoms with Crippen LogP contribution in [0, 0.1) is 17.8 Å². The van der Waals surface area contributed by atoms with E-state index in [1.165, 1.54) is 25.9 Å². The van der Waals surface area contributed by atoms with Crippen LogP contribution in [-0.4, -0.2) is 36.7 Å². The number of fused-ring (bicyclic) bond motifs is 1. The maximum Gasteiger partial charge on any atom is 0.0736 e. The molecule has 0 aromatic carbocycles. The topological polar surface area (TPSA) is 12.5 Å². The van der Waals surface area contributed by atoms with Gasteiger partial charge in [0.2, 0.25) is 0 Å². The van der Waals surface area contributed by atoms with Crippen molar-refractivity contribution in [1.29, 1.82) is 0 Å². The van der Waals surface area contributed by atoms with Gasteiger partial charge in [0.25, 0.3) is 0 Å². The van der Waals surface area contributed by atoms with Crippen LogP contribution in [0.4, 0.5) is 0 Å². The molecular weight excluding hydrogens is 198 g/mol. The minimum absolute atomic E-state index is 0.406. The maximum atomic E-state index is 6.28. The molecule has 0 N–H and O–H groups in total. The third-order valence-electron chi connectivity index (χ3n) is 4.66. The highest BCUT2D eigenvalue weighted by atomic mass is 16.5. The summed E-state index contributed by atoms with van der Waals surface area (Å²) in [7, 11) is 0. The number of likely N-dealkylation sites (N-methyl/N-ethyl adjacent to an activating group) is 1. The fourth-order valence-corrected chi connectivity index (χ4v) is 2.94. The number of nitrogens with zero attached hydrogens (tertiary/aromatic N) is 1. The fraction of sp³-hybridized carbons (Fsp3) is 1.00. The Morgan fingerprint density at radius 3 is 2.44 bits per heavy atom. The average molecular weight is 225 g/mol. The maximum absolute atomic E-state index is 6.28. The molecule has 0 unspecified atom stereocenters. The second-order valence-electron chi connectivity index (χ2n) is 5.98. The molecule has 0 bridgehead atoms. The lowest BCUT2D eigenvalue weighted by Gasteiger charge is -2.50. The van der Waals surface area contributed by atoms with Gasteiger partial charge in [0.1, 0.15) is 0 Å². The number of ether oxygens (including phenoxy) is 1. The van der Waals surface area contributed by atoms with E-state index in [0.717, 1.165) is 18.4 Å². The average Bonchev–Trinajstić information content (AvgIpc) is 2.20. The Hall–Kier alpha value is -0.0800. The van der Waals surface area contributed by atoms with Gasteiger partial charge in [-0.15, -0.1) is 0 Å². The minimum Gasteiger partial charge on any atom is -0.373 e. The van der Waals surface area contributed by atoms with Crippen LogP contribution in [0.3, 0.4) is 0 Å². The molecule has 16 heavy (non-hydrogen) atoms. The van der Waals surface area contributed by atoms with Gasteiger partial charge in [0, 0.05) is 13.1 Å². The summed E-state index contributed by atoms with van der Waals surface area (Å²) in [4.78, 5) is 2.57. The summed E-state index contributed by atoms with van der Waals surface area (Å²) in [6.07, 6.45) is 3.74. The molecule has 1 aliphatic carbocycles. The highest BCUT2D eigenvalue weighted by Gasteiger charge is 2.43. The molecule has 1 heterocycles. The van der Waals surface area contributed by atoms with Gasteiger partial charge in [-0.2, -0.15) is 0 Å². The Morgan fingerprint density at radius 2 is 1.94 bits per heavy atom.